The summed E-state index contributed by atoms with van der Waals surface area (Å²) in [6.07, 6.45) is 5.86. The van der Waals surface area contributed by atoms with Crippen LogP contribution in [0.15, 0.2) is 0 Å². The second-order valence-electron chi connectivity index (χ2n) is 4.78. The van der Waals surface area contributed by atoms with Crippen molar-refractivity contribution < 1.29 is 9.53 Å². The number of esters is 1. The van der Waals surface area contributed by atoms with Crippen LogP contribution in [0.4, 0.5) is 0 Å². The van der Waals surface area contributed by atoms with Crippen LogP contribution in [0.5, 0.6) is 0 Å². The van der Waals surface area contributed by atoms with Crippen molar-refractivity contribution in [1.29, 1.82) is 0 Å². The van der Waals surface area contributed by atoms with E-state index in [1.165, 1.54) is 19.3 Å². The number of rotatable bonds is 4. The third kappa shape index (κ3) is 3.82. The third-order valence-corrected chi connectivity index (χ3v) is 3.20. The molecule has 1 saturated carbocycles. The summed E-state index contributed by atoms with van der Waals surface area (Å²) in [4.78, 5) is 11.8. The van der Waals surface area contributed by atoms with Gasteiger partial charge in [0.15, 0.2) is 0 Å². The quantitative estimate of drug-likeness (QED) is 0.727. The molecule has 0 saturated heterocycles. The van der Waals surface area contributed by atoms with Crippen molar-refractivity contribution in [2.24, 2.45) is 17.6 Å². The molecule has 2 N–H and O–H groups in total. The van der Waals surface area contributed by atoms with Crippen molar-refractivity contribution in [2.45, 2.75) is 52.1 Å². The highest BCUT2D eigenvalue weighted by Crippen LogP contribution is 2.22. The Morgan fingerprint density at radius 3 is 2.40 bits per heavy atom. The zero-order valence-corrected chi connectivity index (χ0v) is 9.87. The third-order valence-electron chi connectivity index (χ3n) is 3.20. The van der Waals surface area contributed by atoms with Gasteiger partial charge in [-0.1, -0.05) is 20.3 Å². The Morgan fingerprint density at radius 1 is 1.33 bits per heavy atom. The van der Waals surface area contributed by atoms with Gasteiger partial charge in [-0.3, -0.25) is 4.79 Å². The van der Waals surface area contributed by atoms with Gasteiger partial charge in [0.25, 0.3) is 0 Å². The molecule has 3 nitrogen and oxygen atoms in total. The standard InChI is InChI=1S/C12H23NO2/c1-9(2)11(8-13)12(14)15-10-6-4-3-5-7-10/h9-11H,3-8,13H2,1-2H3. The van der Waals surface area contributed by atoms with Gasteiger partial charge >= 0.3 is 5.97 Å². The first kappa shape index (κ1) is 12.5. The molecule has 1 rings (SSSR count). The van der Waals surface area contributed by atoms with Crippen LogP contribution in [0.1, 0.15) is 46.0 Å². The van der Waals surface area contributed by atoms with Crippen LogP contribution in [-0.2, 0) is 9.53 Å². The number of carbonyl (C=O) groups excluding carboxylic acids is 1. The predicted molar refractivity (Wildman–Crippen MR) is 60.3 cm³/mol. The minimum absolute atomic E-state index is 0.0978. The molecule has 0 radical (unpaired) electrons. The molecule has 0 bridgehead atoms. The lowest BCUT2D eigenvalue weighted by atomic mass is 9.95. The van der Waals surface area contributed by atoms with E-state index in [1.807, 2.05) is 13.8 Å². The maximum atomic E-state index is 11.8. The van der Waals surface area contributed by atoms with Crippen molar-refractivity contribution in [1.82, 2.24) is 0 Å². The van der Waals surface area contributed by atoms with Crippen molar-refractivity contribution in [3.05, 3.63) is 0 Å². The van der Waals surface area contributed by atoms with E-state index in [0.717, 1.165) is 12.8 Å². The van der Waals surface area contributed by atoms with Gasteiger partial charge in [0.1, 0.15) is 6.10 Å². The van der Waals surface area contributed by atoms with Crippen LogP contribution < -0.4 is 5.73 Å². The van der Waals surface area contributed by atoms with Gasteiger partial charge in [-0.05, 0) is 31.6 Å². The van der Waals surface area contributed by atoms with E-state index in [-0.39, 0.29) is 23.9 Å². The molecule has 1 aliphatic carbocycles. The molecule has 3 heteroatoms. The fourth-order valence-corrected chi connectivity index (χ4v) is 2.08. The Bertz CT molecular complexity index is 198. The molecular weight excluding hydrogens is 190 g/mol. The molecule has 1 atom stereocenters. The average Bonchev–Trinajstić information content (AvgIpc) is 2.19. The summed E-state index contributed by atoms with van der Waals surface area (Å²) in [7, 11) is 0. The van der Waals surface area contributed by atoms with Gasteiger partial charge in [0, 0.05) is 6.54 Å². The lowest BCUT2D eigenvalue weighted by molar-refractivity contribution is -0.156. The lowest BCUT2D eigenvalue weighted by Crippen LogP contribution is -2.33. The number of carbonyl (C=O) groups is 1. The summed E-state index contributed by atoms with van der Waals surface area (Å²) in [6, 6.07) is 0. The van der Waals surface area contributed by atoms with Crippen LogP contribution in [-0.4, -0.2) is 18.6 Å². The molecule has 0 amide bonds. The first-order valence-electron chi connectivity index (χ1n) is 6.05. The van der Waals surface area contributed by atoms with Gasteiger partial charge in [0.05, 0.1) is 5.92 Å². The molecule has 0 aromatic rings. The van der Waals surface area contributed by atoms with Gasteiger partial charge in [-0.25, -0.2) is 0 Å². The van der Waals surface area contributed by atoms with E-state index in [1.54, 1.807) is 0 Å². The molecule has 0 spiro atoms. The van der Waals surface area contributed by atoms with Gasteiger partial charge < -0.3 is 10.5 Å². The van der Waals surface area contributed by atoms with Crippen molar-refractivity contribution >= 4 is 5.97 Å². The monoisotopic (exact) mass is 213 g/mol. The van der Waals surface area contributed by atoms with E-state index in [0.29, 0.717) is 6.54 Å². The zero-order chi connectivity index (χ0) is 11.3. The smallest absolute Gasteiger partial charge is 0.310 e. The topological polar surface area (TPSA) is 52.3 Å². The summed E-state index contributed by atoms with van der Waals surface area (Å²) in [6.45, 7) is 4.42. The van der Waals surface area contributed by atoms with Crippen molar-refractivity contribution in [2.75, 3.05) is 6.54 Å². The Kier molecular flexibility index (Phi) is 5.09. The Labute approximate surface area is 92.4 Å². The van der Waals surface area contributed by atoms with E-state index in [2.05, 4.69) is 0 Å². The first-order valence-corrected chi connectivity index (χ1v) is 6.05. The highest BCUT2D eigenvalue weighted by atomic mass is 16.5. The largest absolute Gasteiger partial charge is 0.462 e. The predicted octanol–water partition coefficient (Wildman–Crippen LogP) is 2.09. The fraction of sp³-hybridized carbons (Fsp3) is 0.917. The molecule has 1 unspecified atom stereocenters. The summed E-state index contributed by atoms with van der Waals surface area (Å²) >= 11 is 0. The maximum Gasteiger partial charge on any atom is 0.310 e. The van der Waals surface area contributed by atoms with Crippen LogP contribution in [0.3, 0.4) is 0 Å². The summed E-state index contributed by atoms with van der Waals surface area (Å²) < 4.78 is 5.49. The highest BCUT2D eigenvalue weighted by Gasteiger charge is 2.25. The number of hydrogen-bond donors (Lipinski definition) is 1. The Balaban J connectivity index is 2.38. The van der Waals surface area contributed by atoms with E-state index >= 15 is 0 Å². The minimum Gasteiger partial charge on any atom is -0.462 e. The fourth-order valence-electron chi connectivity index (χ4n) is 2.08. The molecule has 15 heavy (non-hydrogen) atoms. The van der Waals surface area contributed by atoms with Crippen LogP contribution in [0.25, 0.3) is 0 Å². The molecule has 0 aliphatic heterocycles. The maximum absolute atomic E-state index is 11.8. The lowest BCUT2D eigenvalue weighted by Gasteiger charge is -2.25. The van der Waals surface area contributed by atoms with E-state index in [9.17, 15) is 4.79 Å². The summed E-state index contributed by atoms with van der Waals surface area (Å²) in [5.74, 6) is 0.0393. The van der Waals surface area contributed by atoms with Crippen molar-refractivity contribution in [3.8, 4) is 0 Å². The average molecular weight is 213 g/mol. The second kappa shape index (κ2) is 6.11. The summed E-state index contributed by atoms with van der Waals surface area (Å²) in [5, 5.41) is 0. The molecule has 88 valence electrons. The van der Waals surface area contributed by atoms with Gasteiger partial charge in [0.2, 0.25) is 0 Å². The number of nitrogens with two attached hydrogens (primary N) is 1. The van der Waals surface area contributed by atoms with Crippen LogP contribution in [0, 0.1) is 11.8 Å². The first-order chi connectivity index (χ1) is 7.15. The minimum atomic E-state index is -0.132. The van der Waals surface area contributed by atoms with Crippen LogP contribution in [0.2, 0.25) is 0 Å². The Morgan fingerprint density at radius 2 is 1.93 bits per heavy atom. The zero-order valence-electron chi connectivity index (χ0n) is 9.87. The molecule has 1 fully saturated rings. The van der Waals surface area contributed by atoms with E-state index < -0.39 is 0 Å². The number of hydrogen-bond acceptors (Lipinski definition) is 3. The molecule has 0 aromatic heterocycles. The SMILES string of the molecule is CC(C)C(CN)C(=O)OC1CCCCC1. The molecular formula is C12H23NO2. The number of ether oxygens (including phenoxy) is 1. The molecule has 0 heterocycles. The highest BCUT2D eigenvalue weighted by molar-refractivity contribution is 5.73. The molecule has 1 aliphatic rings. The second-order valence-corrected chi connectivity index (χ2v) is 4.78. The van der Waals surface area contributed by atoms with E-state index in [4.69, 9.17) is 10.5 Å². The summed E-state index contributed by atoms with van der Waals surface area (Å²) in [5.41, 5.74) is 5.58. The van der Waals surface area contributed by atoms with Gasteiger partial charge in [-0.15, -0.1) is 0 Å². The van der Waals surface area contributed by atoms with Crippen molar-refractivity contribution in [3.63, 3.8) is 0 Å². The normalized spacial score (nSPS) is 20.3. The Hall–Kier alpha value is -0.570. The molecule has 0 aromatic carbocycles. The van der Waals surface area contributed by atoms with Crippen LogP contribution >= 0.6 is 0 Å². The van der Waals surface area contributed by atoms with Gasteiger partial charge in [-0.2, -0.15) is 0 Å².